The molecule has 0 aliphatic carbocycles. The summed E-state index contributed by atoms with van der Waals surface area (Å²) in [6.45, 7) is 3.87. The summed E-state index contributed by atoms with van der Waals surface area (Å²) in [5, 5.41) is 2.70. The van der Waals surface area contributed by atoms with Crippen molar-refractivity contribution in [3.8, 4) is 11.8 Å². The first-order valence-corrected chi connectivity index (χ1v) is 5.34. The first-order valence-electron chi connectivity index (χ1n) is 5.34. The third kappa shape index (κ3) is 3.89. The molecule has 1 amide bonds. The van der Waals surface area contributed by atoms with Gasteiger partial charge in [-0.15, -0.1) is 0 Å². The Morgan fingerprint density at radius 3 is 2.82 bits per heavy atom. The molecule has 0 aliphatic rings. The van der Waals surface area contributed by atoms with Gasteiger partial charge in [0.25, 0.3) is 5.91 Å². The molecule has 0 atom stereocenters. The van der Waals surface area contributed by atoms with E-state index in [0.717, 1.165) is 0 Å². The van der Waals surface area contributed by atoms with Gasteiger partial charge in [0.2, 0.25) is 0 Å². The Hall–Kier alpha value is -1.86. The summed E-state index contributed by atoms with van der Waals surface area (Å²) in [4.78, 5) is 11.8. The van der Waals surface area contributed by atoms with Crippen molar-refractivity contribution in [3.05, 3.63) is 35.1 Å². The van der Waals surface area contributed by atoms with E-state index >= 15 is 0 Å². The van der Waals surface area contributed by atoms with Crippen LogP contribution in [0.25, 0.3) is 0 Å². The zero-order valence-electron chi connectivity index (χ0n) is 9.88. The molecule has 0 heterocycles. The Morgan fingerprint density at radius 2 is 2.24 bits per heavy atom. The van der Waals surface area contributed by atoms with Crippen molar-refractivity contribution in [2.45, 2.75) is 19.9 Å². The number of nitrogens with one attached hydrogen (secondary N) is 1. The zero-order valence-corrected chi connectivity index (χ0v) is 9.88. The van der Waals surface area contributed by atoms with Crippen molar-refractivity contribution in [3.63, 3.8) is 0 Å². The van der Waals surface area contributed by atoms with Crippen molar-refractivity contribution < 1.29 is 9.18 Å². The molecule has 0 bridgehead atoms. The van der Waals surface area contributed by atoms with Gasteiger partial charge in [0, 0.05) is 11.6 Å². The number of hydrogen-bond donors (Lipinski definition) is 2. The fraction of sp³-hybridized carbons (Fsp3) is 0.308. The minimum atomic E-state index is -0.461. The molecule has 0 saturated carbocycles. The number of carbonyl (C=O) groups excluding carboxylic acids is 1. The van der Waals surface area contributed by atoms with Crippen molar-refractivity contribution in [1.82, 2.24) is 5.32 Å². The Labute approximate surface area is 100 Å². The van der Waals surface area contributed by atoms with Crippen LogP contribution in [0.2, 0.25) is 0 Å². The minimum Gasteiger partial charge on any atom is -0.350 e. The Balaban J connectivity index is 3.10. The van der Waals surface area contributed by atoms with Crippen LogP contribution in [0.5, 0.6) is 0 Å². The maximum absolute atomic E-state index is 13.1. The molecular weight excluding hydrogens is 219 g/mol. The van der Waals surface area contributed by atoms with Crippen LogP contribution in [-0.2, 0) is 0 Å². The third-order valence-corrected chi connectivity index (χ3v) is 1.97. The van der Waals surface area contributed by atoms with Gasteiger partial charge in [-0.1, -0.05) is 11.8 Å². The number of benzene rings is 1. The highest BCUT2D eigenvalue weighted by molar-refractivity contribution is 5.96. The topological polar surface area (TPSA) is 55.1 Å². The van der Waals surface area contributed by atoms with E-state index in [9.17, 15) is 9.18 Å². The summed E-state index contributed by atoms with van der Waals surface area (Å²) >= 11 is 0. The SMILES string of the molecule is CC(C)NC(=O)c1cc(F)ccc1C#CCN. The lowest BCUT2D eigenvalue weighted by molar-refractivity contribution is 0.0942. The second-order valence-electron chi connectivity index (χ2n) is 3.82. The fourth-order valence-corrected chi connectivity index (χ4v) is 1.30. The van der Waals surface area contributed by atoms with Gasteiger partial charge in [-0.25, -0.2) is 4.39 Å². The molecule has 3 nitrogen and oxygen atoms in total. The Morgan fingerprint density at radius 1 is 1.53 bits per heavy atom. The average Bonchev–Trinajstić information content (AvgIpc) is 2.26. The van der Waals surface area contributed by atoms with Gasteiger partial charge in [0.05, 0.1) is 12.1 Å². The van der Waals surface area contributed by atoms with Crippen molar-refractivity contribution in [2.75, 3.05) is 6.54 Å². The van der Waals surface area contributed by atoms with Crippen molar-refractivity contribution >= 4 is 5.91 Å². The fourth-order valence-electron chi connectivity index (χ4n) is 1.30. The van der Waals surface area contributed by atoms with Gasteiger partial charge in [-0.2, -0.15) is 0 Å². The summed E-state index contributed by atoms with van der Waals surface area (Å²) in [5.41, 5.74) is 5.98. The number of nitrogens with two attached hydrogens (primary N) is 1. The van der Waals surface area contributed by atoms with Crippen LogP contribution in [0.15, 0.2) is 18.2 Å². The molecule has 1 aromatic carbocycles. The van der Waals surface area contributed by atoms with Gasteiger partial charge in [-0.3, -0.25) is 4.79 Å². The molecule has 1 rings (SSSR count). The number of hydrogen-bond acceptors (Lipinski definition) is 2. The lowest BCUT2D eigenvalue weighted by atomic mass is 10.1. The van der Waals surface area contributed by atoms with Crippen molar-refractivity contribution in [1.29, 1.82) is 0 Å². The molecule has 0 aliphatic heterocycles. The quantitative estimate of drug-likeness (QED) is 0.757. The lowest BCUT2D eigenvalue weighted by Crippen LogP contribution is -2.30. The molecule has 17 heavy (non-hydrogen) atoms. The smallest absolute Gasteiger partial charge is 0.252 e. The Bertz CT molecular complexity index is 472. The maximum atomic E-state index is 13.1. The predicted octanol–water partition coefficient (Wildman–Crippen LogP) is 1.27. The number of halogens is 1. The summed E-state index contributed by atoms with van der Waals surface area (Å²) < 4.78 is 13.1. The van der Waals surface area contributed by atoms with Gasteiger partial charge in [0.1, 0.15) is 5.82 Å². The molecule has 0 aromatic heterocycles. The Kier molecular flexibility index (Phi) is 4.68. The van der Waals surface area contributed by atoms with Crippen LogP contribution in [0.1, 0.15) is 29.8 Å². The van der Waals surface area contributed by atoms with Gasteiger partial charge in [-0.05, 0) is 32.0 Å². The van der Waals surface area contributed by atoms with Gasteiger partial charge < -0.3 is 11.1 Å². The molecule has 90 valence electrons. The minimum absolute atomic E-state index is 0.0129. The first-order chi connectivity index (χ1) is 8.04. The summed E-state index contributed by atoms with van der Waals surface area (Å²) in [6.07, 6.45) is 0. The molecule has 1 aromatic rings. The monoisotopic (exact) mass is 234 g/mol. The predicted molar refractivity (Wildman–Crippen MR) is 64.9 cm³/mol. The number of rotatable bonds is 2. The van der Waals surface area contributed by atoms with E-state index < -0.39 is 5.82 Å². The second kappa shape index (κ2) is 6.02. The molecule has 4 heteroatoms. The molecule has 0 saturated heterocycles. The summed E-state index contributed by atoms with van der Waals surface area (Å²) in [6, 6.07) is 3.92. The first kappa shape index (κ1) is 13.2. The molecule has 3 N–H and O–H groups in total. The molecule has 0 fully saturated rings. The van der Waals surface area contributed by atoms with Crippen LogP contribution in [0.3, 0.4) is 0 Å². The lowest BCUT2D eigenvalue weighted by Gasteiger charge is -2.09. The van der Waals surface area contributed by atoms with Crippen LogP contribution < -0.4 is 11.1 Å². The standard InChI is InChI=1S/C13H15FN2O/c1-9(2)16-13(17)12-8-11(14)6-5-10(12)4-3-7-15/h5-6,8-9H,7,15H2,1-2H3,(H,16,17). The van der Waals surface area contributed by atoms with E-state index in [2.05, 4.69) is 17.2 Å². The number of carbonyl (C=O) groups is 1. The average molecular weight is 234 g/mol. The number of amides is 1. The highest BCUT2D eigenvalue weighted by atomic mass is 19.1. The molecule has 0 radical (unpaired) electrons. The molecule has 0 spiro atoms. The second-order valence-corrected chi connectivity index (χ2v) is 3.82. The van der Waals surface area contributed by atoms with Crippen molar-refractivity contribution in [2.24, 2.45) is 5.73 Å². The van der Waals surface area contributed by atoms with E-state index in [1.165, 1.54) is 18.2 Å². The van der Waals surface area contributed by atoms with E-state index in [1.54, 1.807) is 0 Å². The largest absolute Gasteiger partial charge is 0.350 e. The van der Waals surface area contributed by atoms with E-state index in [0.29, 0.717) is 5.56 Å². The summed E-state index contributed by atoms with van der Waals surface area (Å²) in [5.74, 6) is 4.61. The van der Waals surface area contributed by atoms with Crippen LogP contribution >= 0.6 is 0 Å². The van der Waals surface area contributed by atoms with E-state index in [4.69, 9.17) is 5.73 Å². The van der Waals surface area contributed by atoms with E-state index in [1.807, 2.05) is 13.8 Å². The normalized spacial score (nSPS) is 9.71. The maximum Gasteiger partial charge on any atom is 0.252 e. The highest BCUT2D eigenvalue weighted by Crippen LogP contribution is 2.10. The summed E-state index contributed by atoms with van der Waals surface area (Å²) in [7, 11) is 0. The third-order valence-electron chi connectivity index (χ3n) is 1.97. The van der Waals surface area contributed by atoms with Crippen LogP contribution in [-0.4, -0.2) is 18.5 Å². The highest BCUT2D eigenvalue weighted by Gasteiger charge is 2.12. The van der Waals surface area contributed by atoms with Crippen LogP contribution in [0.4, 0.5) is 4.39 Å². The van der Waals surface area contributed by atoms with Gasteiger partial charge >= 0.3 is 0 Å². The van der Waals surface area contributed by atoms with Crippen LogP contribution in [0, 0.1) is 17.7 Å². The zero-order chi connectivity index (χ0) is 12.8. The van der Waals surface area contributed by atoms with Gasteiger partial charge in [0.15, 0.2) is 0 Å². The molecule has 0 unspecified atom stereocenters. The molecular formula is C13H15FN2O. The van der Waals surface area contributed by atoms with E-state index in [-0.39, 0.29) is 24.1 Å².